The van der Waals surface area contributed by atoms with Gasteiger partial charge in [-0.1, -0.05) is 50.0 Å². The normalized spacial score (nSPS) is 16.2. The Morgan fingerprint density at radius 2 is 1.63 bits per heavy atom. The molecule has 0 fully saturated rings. The zero-order chi connectivity index (χ0) is 19.9. The minimum Gasteiger partial charge on any atom is -0.504 e. The molecule has 0 saturated heterocycles. The summed E-state index contributed by atoms with van der Waals surface area (Å²) in [6.45, 7) is 5.86. The third-order valence-electron chi connectivity index (χ3n) is 3.99. The predicted molar refractivity (Wildman–Crippen MR) is 109 cm³/mol. The quantitative estimate of drug-likeness (QED) is 0.530. The summed E-state index contributed by atoms with van der Waals surface area (Å²) >= 11 is 12.1. The van der Waals surface area contributed by atoms with Gasteiger partial charge in [-0.15, -0.1) is 0 Å². The summed E-state index contributed by atoms with van der Waals surface area (Å²) in [6.07, 6.45) is 1.64. The van der Waals surface area contributed by atoms with Crippen molar-refractivity contribution in [1.82, 2.24) is 0 Å². The fourth-order valence-corrected chi connectivity index (χ4v) is 3.25. The molecule has 140 valence electrons. The summed E-state index contributed by atoms with van der Waals surface area (Å²) in [5.41, 5.74) is 1.62. The second-order valence-electron chi connectivity index (χ2n) is 7.25. The molecule has 0 aliphatic carbocycles. The number of amides is 1. The van der Waals surface area contributed by atoms with E-state index in [4.69, 9.17) is 23.2 Å². The average molecular weight is 405 g/mol. The number of carbonyl (C=O) groups is 1. The Hall–Kier alpha value is -2.50. The molecule has 0 spiro atoms. The largest absolute Gasteiger partial charge is 0.504 e. The van der Waals surface area contributed by atoms with Crippen molar-refractivity contribution < 1.29 is 15.0 Å². The third-order valence-corrected chi connectivity index (χ3v) is 4.43. The molecule has 0 saturated carbocycles. The van der Waals surface area contributed by atoms with E-state index in [2.05, 4.69) is 5.10 Å². The van der Waals surface area contributed by atoms with Crippen molar-refractivity contribution in [2.75, 3.05) is 5.01 Å². The van der Waals surface area contributed by atoms with Crippen molar-refractivity contribution >= 4 is 46.6 Å². The number of phenolic OH excluding ortho intramolecular Hbond substituents is 2. The van der Waals surface area contributed by atoms with Crippen molar-refractivity contribution in [3.8, 4) is 11.5 Å². The number of anilines is 1. The monoisotopic (exact) mass is 404 g/mol. The molecule has 27 heavy (non-hydrogen) atoms. The molecule has 1 amide bonds. The zero-order valence-electron chi connectivity index (χ0n) is 15.0. The fraction of sp³-hybridized carbons (Fsp3) is 0.200. The lowest BCUT2D eigenvalue weighted by Crippen LogP contribution is -2.24. The highest BCUT2D eigenvalue weighted by Gasteiger charge is 2.37. The maximum atomic E-state index is 13.1. The number of benzene rings is 2. The van der Waals surface area contributed by atoms with Crippen LogP contribution >= 0.6 is 23.2 Å². The molecule has 1 heterocycles. The molecule has 2 aromatic rings. The van der Waals surface area contributed by atoms with Crippen LogP contribution < -0.4 is 5.01 Å². The van der Waals surface area contributed by atoms with E-state index in [9.17, 15) is 15.0 Å². The first-order valence-electron chi connectivity index (χ1n) is 8.20. The highest BCUT2D eigenvalue weighted by atomic mass is 35.5. The van der Waals surface area contributed by atoms with Crippen molar-refractivity contribution in [3.63, 3.8) is 0 Å². The van der Waals surface area contributed by atoms with Crippen LogP contribution in [0.3, 0.4) is 0 Å². The van der Waals surface area contributed by atoms with Gasteiger partial charge in [0.2, 0.25) is 0 Å². The van der Waals surface area contributed by atoms with Gasteiger partial charge < -0.3 is 10.2 Å². The Labute approximate surface area is 167 Å². The van der Waals surface area contributed by atoms with Gasteiger partial charge in [0.15, 0.2) is 11.5 Å². The summed E-state index contributed by atoms with van der Waals surface area (Å²) in [6, 6.07) is 9.17. The summed E-state index contributed by atoms with van der Waals surface area (Å²) in [5, 5.41) is 25.8. The average Bonchev–Trinajstić information content (AvgIpc) is 2.87. The standard InChI is InChI=1S/C20H18Cl2N2O3/c1-20(2,3)18-15(6-11-4-5-16(25)17(26)7-11)19(27)24(23-18)14-9-12(21)8-13(22)10-14/h4-10,25-26H,1-3H3/b15-6+. The maximum Gasteiger partial charge on any atom is 0.280 e. The second-order valence-corrected chi connectivity index (χ2v) is 8.12. The number of hydrogen-bond donors (Lipinski definition) is 2. The molecule has 3 rings (SSSR count). The highest BCUT2D eigenvalue weighted by molar-refractivity contribution is 6.36. The third kappa shape index (κ3) is 3.94. The predicted octanol–water partition coefficient (Wildman–Crippen LogP) is 5.24. The number of carbonyl (C=O) groups excluding carboxylic acids is 1. The topological polar surface area (TPSA) is 73.1 Å². The molecule has 1 aliphatic heterocycles. The molecule has 5 nitrogen and oxygen atoms in total. The summed E-state index contributed by atoms with van der Waals surface area (Å²) in [4.78, 5) is 13.1. The number of aromatic hydroxyl groups is 2. The number of nitrogens with zero attached hydrogens (tertiary/aromatic N) is 2. The molecular weight excluding hydrogens is 387 g/mol. The molecule has 2 aromatic carbocycles. The van der Waals surface area contributed by atoms with E-state index < -0.39 is 5.41 Å². The van der Waals surface area contributed by atoms with Crippen molar-refractivity contribution in [3.05, 3.63) is 57.6 Å². The Morgan fingerprint density at radius 1 is 1.00 bits per heavy atom. The first-order chi connectivity index (χ1) is 12.6. The van der Waals surface area contributed by atoms with Gasteiger partial charge in [-0.3, -0.25) is 4.79 Å². The smallest absolute Gasteiger partial charge is 0.280 e. The van der Waals surface area contributed by atoms with Crippen LogP contribution in [0, 0.1) is 5.41 Å². The molecule has 2 N–H and O–H groups in total. The van der Waals surface area contributed by atoms with Crippen LogP contribution in [-0.4, -0.2) is 21.8 Å². The van der Waals surface area contributed by atoms with Crippen molar-refractivity contribution in [2.45, 2.75) is 20.8 Å². The molecule has 0 atom stereocenters. The van der Waals surface area contributed by atoms with E-state index in [0.29, 0.717) is 32.6 Å². The van der Waals surface area contributed by atoms with Gasteiger partial charge in [0.1, 0.15) is 0 Å². The first kappa shape index (κ1) is 19.3. The first-order valence-corrected chi connectivity index (χ1v) is 8.95. The van der Waals surface area contributed by atoms with Crippen LogP contribution in [0.15, 0.2) is 47.1 Å². The van der Waals surface area contributed by atoms with Crippen molar-refractivity contribution in [2.24, 2.45) is 10.5 Å². The lowest BCUT2D eigenvalue weighted by Gasteiger charge is -2.18. The zero-order valence-corrected chi connectivity index (χ0v) is 16.5. The molecular formula is C20H18Cl2N2O3. The van der Waals surface area contributed by atoms with E-state index >= 15 is 0 Å². The Balaban J connectivity index is 2.11. The molecule has 0 radical (unpaired) electrons. The number of hydrogen-bond acceptors (Lipinski definition) is 4. The van der Waals surface area contributed by atoms with Gasteiger partial charge in [-0.2, -0.15) is 10.1 Å². The summed E-state index contributed by atoms with van der Waals surface area (Å²) in [5.74, 6) is -0.817. The minimum atomic E-state index is -0.405. The van der Waals surface area contributed by atoms with Gasteiger partial charge in [0, 0.05) is 15.5 Å². The van der Waals surface area contributed by atoms with Gasteiger partial charge in [0.25, 0.3) is 5.91 Å². The van der Waals surface area contributed by atoms with Gasteiger partial charge in [0.05, 0.1) is 17.0 Å². The molecule has 0 unspecified atom stereocenters. The molecule has 0 aromatic heterocycles. The van der Waals surface area contributed by atoms with Crippen molar-refractivity contribution in [1.29, 1.82) is 0 Å². The summed E-state index contributed by atoms with van der Waals surface area (Å²) < 4.78 is 0. The van der Waals surface area contributed by atoms with Crippen LogP contribution in [0.5, 0.6) is 11.5 Å². The van der Waals surface area contributed by atoms with E-state index in [1.54, 1.807) is 30.3 Å². The Bertz CT molecular complexity index is 971. The number of hydrazone groups is 1. The van der Waals surface area contributed by atoms with Crippen LogP contribution in [-0.2, 0) is 4.79 Å². The van der Waals surface area contributed by atoms with Crippen LogP contribution in [0.4, 0.5) is 5.69 Å². The fourth-order valence-electron chi connectivity index (χ4n) is 2.73. The lowest BCUT2D eigenvalue weighted by molar-refractivity contribution is -0.114. The second kappa shape index (κ2) is 6.91. The van der Waals surface area contributed by atoms with Crippen LogP contribution in [0.1, 0.15) is 26.3 Å². The number of halogens is 2. The Morgan fingerprint density at radius 3 is 2.19 bits per heavy atom. The molecule has 7 heteroatoms. The van der Waals surface area contributed by atoms with Gasteiger partial charge in [-0.05, 0) is 42.0 Å². The van der Waals surface area contributed by atoms with E-state index in [0.717, 1.165) is 0 Å². The maximum absolute atomic E-state index is 13.1. The molecule has 0 bridgehead atoms. The Kier molecular flexibility index (Phi) is 4.93. The van der Waals surface area contributed by atoms with E-state index in [-0.39, 0.29) is 17.4 Å². The van der Waals surface area contributed by atoms with Gasteiger partial charge >= 0.3 is 0 Å². The van der Waals surface area contributed by atoms with E-state index in [1.807, 2.05) is 20.8 Å². The van der Waals surface area contributed by atoms with E-state index in [1.165, 1.54) is 17.1 Å². The minimum absolute atomic E-state index is 0.227. The lowest BCUT2D eigenvalue weighted by atomic mass is 9.85. The summed E-state index contributed by atoms with van der Waals surface area (Å²) in [7, 11) is 0. The SMILES string of the molecule is CC(C)(C)C1=NN(c2cc(Cl)cc(Cl)c2)C(=O)/C1=C/c1ccc(O)c(O)c1. The number of rotatable bonds is 2. The number of phenols is 2. The highest BCUT2D eigenvalue weighted by Crippen LogP contribution is 2.35. The van der Waals surface area contributed by atoms with Crippen LogP contribution in [0.25, 0.3) is 6.08 Å². The molecule has 1 aliphatic rings. The van der Waals surface area contributed by atoms with Crippen LogP contribution in [0.2, 0.25) is 10.0 Å². The van der Waals surface area contributed by atoms with Gasteiger partial charge in [-0.25, -0.2) is 0 Å².